The summed E-state index contributed by atoms with van der Waals surface area (Å²) in [4.78, 5) is 37.2. The molecule has 1 aromatic heterocycles. The Balaban J connectivity index is 2.45. The molecule has 0 atom stereocenters. The van der Waals surface area contributed by atoms with E-state index in [1.165, 1.54) is 0 Å². The fourth-order valence-corrected chi connectivity index (χ4v) is 1.45. The zero-order valence-corrected chi connectivity index (χ0v) is 10.2. The number of nitrogens with one attached hydrogen (secondary N) is 2. The third kappa shape index (κ3) is 4.61. The van der Waals surface area contributed by atoms with E-state index in [9.17, 15) is 14.4 Å². The standard InChI is InChI=1S/C9H15N3O4S/c13-7-10-8(14)12(9(15)11-7)3-5-16-4-1-2-6-17/h17H,1-6H2,(H2,10,11,13,14,15). The van der Waals surface area contributed by atoms with Crippen molar-refractivity contribution in [1.29, 1.82) is 0 Å². The van der Waals surface area contributed by atoms with Crippen LogP contribution in [0.1, 0.15) is 12.8 Å². The predicted molar refractivity (Wildman–Crippen MR) is 65.8 cm³/mol. The lowest BCUT2D eigenvalue weighted by atomic mass is 10.4. The highest BCUT2D eigenvalue weighted by Gasteiger charge is 2.01. The maximum Gasteiger partial charge on any atom is 0.333 e. The van der Waals surface area contributed by atoms with E-state index in [0.717, 1.165) is 23.2 Å². The Morgan fingerprint density at radius 2 is 1.71 bits per heavy atom. The lowest BCUT2D eigenvalue weighted by Crippen LogP contribution is -2.43. The summed E-state index contributed by atoms with van der Waals surface area (Å²) in [6.07, 6.45) is 1.85. The fraction of sp³-hybridized carbons (Fsp3) is 0.667. The molecule has 7 nitrogen and oxygen atoms in total. The molecular formula is C9H15N3O4S. The third-order valence-corrected chi connectivity index (χ3v) is 2.40. The van der Waals surface area contributed by atoms with Gasteiger partial charge in [-0.05, 0) is 18.6 Å². The number of thiol groups is 1. The van der Waals surface area contributed by atoms with Crippen molar-refractivity contribution >= 4 is 12.6 Å². The molecule has 0 saturated heterocycles. The lowest BCUT2D eigenvalue weighted by Gasteiger charge is -2.04. The van der Waals surface area contributed by atoms with Gasteiger partial charge in [0.2, 0.25) is 0 Å². The first kappa shape index (κ1) is 13.8. The summed E-state index contributed by atoms with van der Waals surface area (Å²) >= 11 is 4.06. The summed E-state index contributed by atoms with van der Waals surface area (Å²) < 4.78 is 6.13. The topological polar surface area (TPSA) is 96.9 Å². The average molecular weight is 261 g/mol. The monoisotopic (exact) mass is 261 g/mol. The lowest BCUT2D eigenvalue weighted by molar-refractivity contribution is 0.121. The van der Waals surface area contributed by atoms with Gasteiger partial charge >= 0.3 is 17.1 Å². The molecular weight excluding hydrogens is 246 g/mol. The quantitative estimate of drug-likeness (QED) is 0.431. The van der Waals surface area contributed by atoms with Gasteiger partial charge in [-0.15, -0.1) is 0 Å². The second kappa shape index (κ2) is 7.13. The summed E-state index contributed by atoms with van der Waals surface area (Å²) in [6.45, 7) is 0.935. The molecule has 0 aliphatic carbocycles. The van der Waals surface area contributed by atoms with Crippen molar-refractivity contribution in [2.75, 3.05) is 19.0 Å². The van der Waals surface area contributed by atoms with E-state index in [-0.39, 0.29) is 13.2 Å². The van der Waals surface area contributed by atoms with Gasteiger partial charge in [-0.2, -0.15) is 12.6 Å². The number of rotatable bonds is 7. The van der Waals surface area contributed by atoms with E-state index in [4.69, 9.17) is 4.74 Å². The Morgan fingerprint density at radius 3 is 2.29 bits per heavy atom. The highest BCUT2D eigenvalue weighted by molar-refractivity contribution is 7.80. The Labute approximate surface area is 102 Å². The van der Waals surface area contributed by atoms with Gasteiger partial charge in [0.15, 0.2) is 0 Å². The van der Waals surface area contributed by atoms with Crippen LogP contribution in [-0.4, -0.2) is 33.5 Å². The summed E-state index contributed by atoms with van der Waals surface area (Å²) in [5.74, 6) is 0.808. The third-order valence-electron chi connectivity index (χ3n) is 2.09. The largest absolute Gasteiger partial charge is 0.380 e. The molecule has 0 fully saturated rings. The Hall–Kier alpha value is -1.28. The minimum atomic E-state index is -0.800. The number of H-pyrrole nitrogens is 2. The number of hydrogen-bond acceptors (Lipinski definition) is 5. The van der Waals surface area contributed by atoms with Gasteiger partial charge < -0.3 is 4.74 Å². The first-order valence-electron chi connectivity index (χ1n) is 5.27. The van der Waals surface area contributed by atoms with Crippen LogP contribution >= 0.6 is 12.6 Å². The van der Waals surface area contributed by atoms with Crippen LogP contribution in [0.3, 0.4) is 0 Å². The zero-order chi connectivity index (χ0) is 12.7. The van der Waals surface area contributed by atoms with Gasteiger partial charge in [0.05, 0.1) is 13.2 Å². The van der Waals surface area contributed by atoms with Crippen molar-refractivity contribution in [1.82, 2.24) is 14.5 Å². The van der Waals surface area contributed by atoms with Gasteiger partial charge in [0, 0.05) is 6.61 Å². The van der Waals surface area contributed by atoms with Crippen molar-refractivity contribution in [3.05, 3.63) is 31.5 Å². The Kier molecular flexibility index (Phi) is 5.78. The molecule has 0 aromatic carbocycles. The van der Waals surface area contributed by atoms with Crippen LogP contribution in [0.4, 0.5) is 0 Å². The van der Waals surface area contributed by atoms with Crippen LogP contribution in [0.15, 0.2) is 14.4 Å². The number of aromatic amines is 2. The highest BCUT2D eigenvalue weighted by Crippen LogP contribution is 1.91. The molecule has 0 amide bonds. The van der Waals surface area contributed by atoms with Gasteiger partial charge in [-0.25, -0.2) is 19.0 Å². The molecule has 1 aromatic rings. The molecule has 0 aliphatic rings. The van der Waals surface area contributed by atoms with E-state index in [1.807, 2.05) is 9.97 Å². The average Bonchev–Trinajstić information content (AvgIpc) is 2.26. The summed E-state index contributed by atoms with van der Waals surface area (Å²) in [6, 6.07) is 0. The number of aromatic nitrogens is 3. The summed E-state index contributed by atoms with van der Waals surface area (Å²) in [5.41, 5.74) is -2.25. The molecule has 0 unspecified atom stereocenters. The van der Waals surface area contributed by atoms with Crippen molar-refractivity contribution in [2.24, 2.45) is 0 Å². The molecule has 0 aliphatic heterocycles. The van der Waals surface area contributed by atoms with Gasteiger partial charge in [0.1, 0.15) is 0 Å². The Bertz CT molecular complexity index is 470. The molecule has 2 N–H and O–H groups in total. The van der Waals surface area contributed by atoms with Crippen LogP contribution in [-0.2, 0) is 11.3 Å². The smallest absolute Gasteiger partial charge is 0.333 e. The molecule has 0 bridgehead atoms. The van der Waals surface area contributed by atoms with Crippen molar-refractivity contribution < 1.29 is 4.74 Å². The number of ether oxygens (including phenoxy) is 1. The van der Waals surface area contributed by atoms with Crippen LogP contribution < -0.4 is 17.1 Å². The van der Waals surface area contributed by atoms with Crippen LogP contribution in [0.5, 0.6) is 0 Å². The highest BCUT2D eigenvalue weighted by atomic mass is 32.1. The van der Waals surface area contributed by atoms with Crippen LogP contribution in [0, 0.1) is 0 Å². The minimum Gasteiger partial charge on any atom is -0.380 e. The van der Waals surface area contributed by atoms with Gasteiger partial charge in [-0.3, -0.25) is 9.97 Å². The van der Waals surface area contributed by atoms with E-state index in [1.54, 1.807) is 0 Å². The van der Waals surface area contributed by atoms with E-state index in [2.05, 4.69) is 12.6 Å². The van der Waals surface area contributed by atoms with Crippen molar-refractivity contribution in [2.45, 2.75) is 19.4 Å². The molecule has 1 heterocycles. The molecule has 1 rings (SSSR count). The molecule has 8 heteroatoms. The number of nitrogens with zero attached hydrogens (tertiary/aromatic N) is 1. The first-order valence-corrected chi connectivity index (χ1v) is 5.90. The van der Waals surface area contributed by atoms with Crippen LogP contribution in [0.25, 0.3) is 0 Å². The molecule has 17 heavy (non-hydrogen) atoms. The van der Waals surface area contributed by atoms with Crippen molar-refractivity contribution in [3.63, 3.8) is 0 Å². The molecule has 0 saturated carbocycles. The number of hydrogen-bond donors (Lipinski definition) is 3. The normalized spacial score (nSPS) is 10.6. The molecule has 0 spiro atoms. The second-order valence-electron chi connectivity index (χ2n) is 3.38. The number of unbranched alkanes of at least 4 members (excludes halogenated alkanes) is 1. The summed E-state index contributed by atoms with van der Waals surface area (Å²) in [5, 5.41) is 0. The van der Waals surface area contributed by atoms with Crippen molar-refractivity contribution in [3.8, 4) is 0 Å². The van der Waals surface area contributed by atoms with Gasteiger partial charge in [-0.1, -0.05) is 0 Å². The van der Waals surface area contributed by atoms with E-state index in [0.29, 0.717) is 6.61 Å². The SMILES string of the molecule is O=c1[nH]c(=O)n(CCOCCCCS)c(=O)[nH]1. The zero-order valence-electron chi connectivity index (χ0n) is 9.27. The maximum absolute atomic E-state index is 11.2. The fourth-order valence-electron chi connectivity index (χ4n) is 1.23. The van der Waals surface area contributed by atoms with Crippen LogP contribution in [0.2, 0.25) is 0 Å². The first-order chi connectivity index (χ1) is 8.15. The van der Waals surface area contributed by atoms with E-state index < -0.39 is 17.1 Å². The second-order valence-corrected chi connectivity index (χ2v) is 3.83. The van der Waals surface area contributed by atoms with Gasteiger partial charge in [0.25, 0.3) is 0 Å². The minimum absolute atomic E-state index is 0.117. The predicted octanol–water partition coefficient (Wildman–Crippen LogP) is -1.05. The molecule has 0 radical (unpaired) electrons. The molecule has 96 valence electrons. The van der Waals surface area contributed by atoms with E-state index >= 15 is 0 Å². The summed E-state index contributed by atoms with van der Waals surface area (Å²) in [7, 11) is 0. The Morgan fingerprint density at radius 1 is 1.06 bits per heavy atom. The maximum atomic E-state index is 11.2.